The molecule has 4 rings (SSSR count). The number of amides is 1. The molecule has 0 bridgehead atoms. The van der Waals surface area contributed by atoms with E-state index in [1.165, 1.54) is 6.92 Å². The van der Waals surface area contributed by atoms with Crippen molar-refractivity contribution >= 4 is 34.3 Å². The molecule has 1 aromatic heterocycles. The third-order valence-electron chi connectivity index (χ3n) is 6.78. The summed E-state index contributed by atoms with van der Waals surface area (Å²) in [7, 11) is 0. The van der Waals surface area contributed by atoms with Gasteiger partial charge in [-0.05, 0) is 55.6 Å². The smallest absolute Gasteiger partial charge is 0.253 e. The minimum absolute atomic E-state index is 0.0162. The summed E-state index contributed by atoms with van der Waals surface area (Å²) in [5, 5.41) is 0.991. The fourth-order valence-electron chi connectivity index (χ4n) is 4.74. The quantitative estimate of drug-likeness (QED) is 0.237. The molecule has 1 amide bonds. The van der Waals surface area contributed by atoms with Crippen molar-refractivity contribution in [1.82, 2.24) is 4.90 Å². The van der Waals surface area contributed by atoms with Gasteiger partial charge in [-0.15, -0.1) is 0 Å². The zero-order valence-corrected chi connectivity index (χ0v) is 23.0. The van der Waals surface area contributed by atoms with Gasteiger partial charge in [0.15, 0.2) is 11.2 Å². The van der Waals surface area contributed by atoms with Gasteiger partial charge in [0.2, 0.25) is 0 Å². The van der Waals surface area contributed by atoms with Crippen LogP contribution in [0.5, 0.6) is 0 Å². The molecule has 1 atom stereocenters. The number of hydrogen-bond acceptors (Lipinski definition) is 5. The van der Waals surface area contributed by atoms with E-state index >= 15 is 0 Å². The van der Waals surface area contributed by atoms with Gasteiger partial charge in [0, 0.05) is 53.7 Å². The first kappa shape index (κ1) is 28.3. The molecule has 0 saturated carbocycles. The number of halogens is 1. The lowest BCUT2D eigenvalue weighted by Gasteiger charge is -2.26. The lowest BCUT2D eigenvalue weighted by atomic mass is 9.96. The van der Waals surface area contributed by atoms with Crippen molar-refractivity contribution in [2.75, 3.05) is 19.6 Å². The first-order valence-electron chi connectivity index (χ1n) is 13.1. The average molecular weight is 545 g/mol. The van der Waals surface area contributed by atoms with Crippen LogP contribution in [0.25, 0.3) is 11.0 Å². The zero-order valence-electron chi connectivity index (χ0n) is 22.3. The summed E-state index contributed by atoms with van der Waals surface area (Å²) in [6.07, 6.45) is 1.57. The number of Topliss-reactive ketones (excluding diaryl/α,β-unsaturated/α-hetero) is 1. The highest BCUT2D eigenvalue weighted by Crippen LogP contribution is 2.24. The molecule has 4 aromatic rings. The fraction of sp³-hybridized carbons (Fsp3) is 0.281. The maximum absolute atomic E-state index is 13.6. The number of fused-ring (bicyclic) bond motifs is 1. The molecule has 0 aliphatic rings. The average Bonchev–Trinajstić information content (AvgIpc) is 2.93. The second-order valence-electron chi connectivity index (χ2n) is 9.97. The van der Waals surface area contributed by atoms with E-state index in [0.717, 1.165) is 5.56 Å². The molecule has 1 heterocycles. The maximum atomic E-state index is 13.6. The first-order chi connectivity index (χ1) is 18.8. The number of rotatable bonds is 11. The maximum Gasteiger partial charge on any atom is 0.253 e. The van der Waals surface area contributed by atoms with Gasteiger partial charge in [-0.25, -0.2) is 0 Å². The van der Waals surface area contributed by atoms with Crippen molar-refractivity contribution in [3.8, 4) is 0 Å². The highest BCUT2D eigenvalue weighted by Gasteiger charge is 2.22. The van der Waals surface area contributed by atoms with E-state index in [1.807, 2.05) is 37.3 Å². The van der Waals surface area contributed by atoms with Gasteiger partial charge in [-0.2, -0.15) is 0 Å². The van der Waals surface area contributed by atoms with Crippen LogP contribution in [0, 0.1) is 5.92 Å². The van der Waals surface area contributed by atoms with E-state index in [-0.39, 0.29) is 23.0 Å². The van der Waals surface area contributed by atoms with Crippen LogP contribution in [0.4, 0.5) is 0 Å². The molecule has 1 unspecified atom stereocenters. The van der Waals surface area contributed by atoms with Crippen LogP contribution >= 0.6 is 11.6 Å². The summed E-state index contributed by atoms with van der Waals surface area (Å²) < 4.78 is 6.30. The Balaban J connectivity index is 1.62. The van der Waals surface area contributed by atoms with Gasteiger partial charge < -0.3 is 15.1 Å². The predicted octanol–water partition coefficient (Wildman–Crippen LogP) is 5.91. The number of ketones is 1. The summed E-state index contributed by atoms with van der Waals surface area (Å²) in [5.74, 6) is 0.411. The summed E-state index contributed by atoms with van der Waals surface area (Å²) in [6.45, 7) is 4.95. The molecule has 0 saturated heterocycles. The Labute approximate surface area is 233 Å². The van der Waals surface area contributed by atoms with Gasteiger partial charge >= 0.3 is 0 Å². The van der Waals surface area contributed by atoms with Crippen LogP contribution in [0.2, 0.25) is 5.02 Å². The Kier molecular flexibility index (Phi) is 9.33. The molecule has 0 spiro atoms. The van der Waals surface area contributed by atoms with Crippen molar-refractivity contribution in [1.29, 1.82) is 0 Å². The molecule has 0 aliphatic heterocycles. The second kappa shape index (κ2) is 12.9. The summed E-state index contributed by atoms with van der Waals surface area (Å²) in [4.78, 5) is 40.4. The molecule has 2 N–H and O–H groups in total. The standard InChI is InChI=1S/C32H33ClN2O4/c1-21(20-35(16-6-15-34)32(38)25-11-9-24(10-12-25)22(2)36)17-29-28(18-23-7-4-3-5-8-23)31(37)27-14-13-26(33)19-30(27)39-29/h3-5,7-14,19,21H,6,15-18,20,34H2,1-2H3. The van der Waals surface area contributed by atoms with E-state index in [9.17, 15) is 14.4 Å². The molecule has 7 heteroatoms. The Morgan fingerprint density at radius 3 is 2.36 bits per heavy atom. The number of carbonyl (C=O) groups excluding carboxylic acids is 2. The highest BCUT2D eigenvalue weighted by atomic mass is 35.5. The predicted molar refractivity (Wildman–Crippen MR) is 156 cm³/mol. The number of carbonyl (C=O) groups is 2. The third kappa shape index (κ3) is 7.02. The molecule has 0 aliphatic carbocycles. The van der Waals surface area contributed by atoms with E-state index < -0.39 is 0 Å². The summed E-state index contributed by atoms with van der Waals surface area (Å²) >= 11 is 6.20. The molecule has 3 aromatic carbocycles. The summed E-state index contributed by atoms with van der Waals surface area (Å²) in [5.41, 5.74) is 8.85. The van der Waals surface area contributed by atoms with Crippen molar-refractivity contribution in [3.05, 3.63) is 116 Å². The zero-order chi connectivity index (χ0) is 27.9. The molecule has 0 radical (unpaired) electrons. The van der Waals surface area contributed by atoms with E-state index in [0.29, 0.717) is 77.3 Å². The van der Waals surface area contributed by atoms with Crippen LogP contribution in [-0.2, 0) is 12.8 Å². The van der Waals surface area contributed by atoms with Crippen molar-refractivity contribution < 1.29 is 14.0 Å². The molecule has 6 nitrogen and oxygen atoms in total. The largest absolute Gasteiger partial charge is 0.460 e. The number of benzene rings is 3. The number of hydrogen-bond donors (Lipinski definition) is 1. The number of nitrogens with zero attached hydrogens (tertiary/aromatic N) is 1. The fourth-order valence-corrected chi connectivity index (χ4v) is 4.90. The minimum Gasteiger partial charge on any atom is -0.460 e. The SMILES string of the molecule is CC(=O)c1ccc(C(=O)N(CCCN)CC(C)Cc2oc3cc(Cl)ccc3c(=O)c2Cc2ccccc2)cc1. The normalized spacial score (nSPS) is 11.9. The van der Waals surface area contributed by atoms with Gasteiger partial charge in [0.1, 0.15) is 11.3 Å². The van der Waals surface area contributed by atoms with Gasteiger partial charge in [0.25, 0.3) is 5.91 Å². The Bertz CT molecular complexity index is 1510. The van der Waals surface area contributed by atoms with Crippen molar-refractivity contribution in [2.45, 2.75) is 33.1 Å². The molecule has 39 heavy (non-hydrogen) atoms. The lowest BCUT2D eigenvalue weighted by molar-refractivity contribution is 0.0729. The molecular weight excluding hydrogens is 512 g/mol. The van der Waals surface area contributed by atoms with Gasteiger partial charge in [-0.3, -0.25) is 14.4 Å². The molecule has 0 fully saturated rings. The van der Waals surface area contributed by atoms with Crippen LogP contribution in [0.3, 0.4) is 0 Å². The molecular formula is C32H33ClN2O4. The third-order valence-corrected chi connectivity index (χ3v) is 7.01. The van der Waals surface area contributed by atoms with E-state index in [1.54, 1.807) is 47.4 Å². The number of nitrogens with two attached hydrogens (primary N) is 1. The van der Waals surface area contributed by atoms with Crippen LogP contribution in [-0.4, -0.2) is 36.2 Å². The van der Waals surface area contributed by atoms with Crippen LogP contribution in [0.15, 0.2) is 82.0 Å². The molecule has 202 valence electrons. The van der Waals surface area contributed by atoms with E-state index in [4.69, 9.17) is 21.8 Å². The Hall–Kier alpha value is -3.74. The Morgan fingerprint density at radius 2 is 1.69 bits per heavy atom. The van der Waals surface area contributed by atoms with Crippen LogP contribution < -0.4 is 11.2 Å². The van der Waals surface area contributed by atoms with E-state index in [2.05, 4.69) is 0 Å². The minimum atomic E-state index is -0.123. The van der Waals surface area contributed by atoms with Gasteiger partial charge in [0.05, 0.1) is 5.39 Å². The highest BCUT2D eigenvalue weighted by molar-refractivity contribution is 6.31. The van der Waals surface area contributed by atoms with Crippen molar-refractivity contribution in [2.24, 2.45) is 11.7 Å². The monoisotopic (exact) mass is 544 g/mol. The Morgan fingerprint density at radius 1 is 1.00 bits per heavy atom. The van der Waals surface area contributed by atoms with Crippen LogP contribution in [0.1, 0.15) is 57.9 Å². The van der Waals surface area contributed by atoms with Gasteiger partial charge in [-0.1, -0.05) is 61.0 Å². The first-order valence-corrected chi connectivity index (χ1v) is 13.5. The topological polar surface area (TPSA) is 93.6 Å². The summed E-state index contributed by atoms with van der Waals surface area (Å²) in [6, 6.07) is 21.6. The lowest BCUT2D eigenvalue weighted by Crippen LogP contribution is -2.37. The van der Waals surface area contributed by atoms with Crippen molar-refractivity contribution in [3.63, 3.8) is 0 Å². The second-order valence-corrected chi connectivity index (χ2v) is 10.4.